The molecule has 0 aromatic carbocycles. The third kappa shape index (κ3) is 2.94. The van der Waals surface area contributed by atoms with Crippen molar-refractivity contribution in [1.29, 1.82) is 0 Å². The minimum Gasteiger partial charge on any atom is -0.375 e. The Morgan fingerprint density at radius 2 is 2.27 bits per heavy atom. The molecule has 0 aromatic rings. The van der Waals surface area contributed by atoms with Gasteiger partial charge in [0.05, 0.1) is 5.60 Å². The molecule has 2 heteroatoms. The van der Waals surface area contributed by atoms with Crippen LogP contribution in [0.25, 0.3) is 0 Å². The van der Waals surface area contributed by atoms with Crippen LogP contribution >= 0.6 is 0 Å². The lowest BCUT2D eigenvalue weighted by Gasteiger charge is -2.47. The zero-order valence-corrected chi connectivity index (χ0v) is 10.1. The van der Waals surface area contributed by atoms with E-state index in [-0.39, 0.29) is 0 Å². The second-order valence-electron chi connectivity index (χ2n) is 5.24. The molecular formula is C13H25NO. The highest BCUT2D eigenvalue weighted by Gasteiger charge is 2.42. The highest BCUT2D eigenvalue weighted by atomic mass is 16.5. The van der Waals surface area contributed by atoms with Crippen molar-refractivity contribution >= 4 is 0 Å². The van der Waals surface area contributed by atoms with Gasteiger partial charge in [0.25, 0.3) is 0 Å². The number of rotatable bonds is 5. The van der Waals surface area contributed by atoms with Crippen LogP contribution in [0, 0.1) is 5.92 Å². The molecule has 88 valence electrons. The van der Waals surface area contributed by atoms with Gasteiger partial charge in [-0.3, -0.25) is 0 Å². The van der Waals surface area contributed by atoms with E-state index in [0.29, 0.717) is 5.60 Å². The SMILES string of the molecule is CCNCCCC1CCOC2(CCC2)C1. The number of nitrogens with one attached hydrogen (secondary N) is 1. The van der Waals surface area contributed by atoms with E-state index in [0.717, 1.165) is 19.1 Å². The minimum absolute atomic E-state index is 0.348. The van der Waals surface area contributed by atoms with E-state index in [2.05, 4.69) is 12.2 Å². The lowest BCUT2D eigenvalue weighted by molar-refractivity contribution is -0.144. The monoisotopic (exact) mass is 211 g/mol. The van der Waals surface area contributed by atoms with Crippen LogP contribution in [0.1, 0.15) is 51.9 Å². The Kier molecular flexibility index (Phi) is 4.04. The molecule has 1 N–H and O–H groups in total. The summed E-state index contributed by atoms with van der Waals surface area (Å²) in [6, 6.07) is 0. The summed E-state index contributed by atoms with van der Waals surface area (Å²) in [6.45, 7) is 5.50. The summed E-state index contributed by atoms with van der Waals surface area (Å²) in [5.74, 6) is 0.942. The molecule has 1 saturated carbocycles. The highest BCUT2D eigenvalue weighted by Crippen LogP contribution is 2.45. The summed E-state index contributed by atoms with van der Waals surface area (Å²) in [5, 5.41) is 3.41. The van der Waals surface area contributed by atoms with Crippen LogP contribution in [0.5, 0.6) is 0 Å². The minimum atomic E-state index is 0.348. The molecule has 0 aromatic heterocycles. The van der Waals surface area contributed by atoms with E-state index >= 15 is 0 Å². The molecule has 15 heavy (non-hydrogen) atoms. The summed E-state index contributed by atoms with van der Waals surface area (Å²) >= 11 is 0. The van der Waals surface area contributed by atoms with Crippen molar-refractivity contribution in [2.45, 2.75) is 57.5 Å². The van der Waals surface area contributed by atoms with Gasteiger partial charge in [0.1, 0.15) is 0 Å². The molecule has 1 atom stereocenters. The summed E-state index contributed by atoms with van der Waals surface area (Å²) in [7, 11) is 0. The molecule has 0 amide bonds. The van der Waals surface area contributed by atoms with Gasteiger partial charge in [-0.05, 0) is 64.0 Å². The lowest BCUT2D eigenvalue weighted by Crippen LogP contribution is -2.45. The van der Waals surface area contributed by atoms with Gasteiger partial charge in [-0.15, -0.1) is 0 Å². The van der Waals surface area contributed by atoms with E-state index < -0.39 is 0 Å². The second kappa shape index (κ2) is 5.31. The molecule has 0 radical (unpaired) electrons. The summed E-state index contributed by atoms with van der Waals surface area (Å²) in [5.41, 5.74) is 0.348. The average Bonchev–Trinajstić information content (AvgIpc) is 2.23. The maximum absolute atomic E-state index is 5.94. The van der Waals surface area contributed by atoms with Crippen LogP contribution in [-0.2, 0) is 4.74 Å². The van der Waals surface area contributed by atoms with Crippen LogP contribution in [0.15, 0.2) is 0 Å². The first-order valence-corrected chi connectivity index (χ1v) is 6.69. The maximum Gasteiger partial charge on any atom is 0.0685 e. The molecule has 2 fully saturated rings. The van der Waals surface area contributed by atoms with Crippen LogP contribution in [-0.4, -0.2) is 25.3 Å². The first kappa shape index (κ1) is 11.4. The molecule has 1 spiro atoms. The normalized spacial score (nSPS) is 29.0. The van der Waals surface area contributed by atoms with Crippen molar-refractivity contribution < 1.29 is 4.74 Å². The van der Waals surface area contributed by atoms with Gasteiger partial charge in [-0.1, -0.05) is 6.92 Å². The standard InChI is InChI=1S/C13H25NO/c1-2-14-9-3-5-12-6-10-15-13(11-12)7-4-8-13/h12,14H,2-11H2,1H3. The Morgan fingerprint density at radius 1 is 1.40 bits per heavy atom. The van der Waals surface area contributed by atoms with Gasteiger partial charge in [-0.25, -0.2) is 0 Å². The van der Waals surface area contributed by atoms with E-state index in [1.54, 1.807) is 0 Å². The molecule has 2 rings (SSSR count). The Hall–Kier alpha value is -0.0800. The van der Waals surface area contributed by atoms with Crippen molar-refractivity contribution in [1.82, 2.24) is 5.32 Å². The lowest BCUT2D eigenvalue weighted by atomic mass is 9.71. The Labute approximate surface area is 93.8 Å². The fourth-order valence-electron chi connectivity index (χ4n) is 2.99. The fraction of sp³-hybridized carbons (Fsp3) is 1.00. The smallest absolute Gasteiger partial charge is 0.0685 e. The van der Waals surface area contributed by atoms with Crippen molar-refractivity contribution in [2.75, 3.05) is 19.7 Å². The van der Waals surface area contributed by atoms with Gasteiger partial charge in [-0.2, -0.15) is 0 Å². The maximum atomic E-state index is 5.94. The molecule has 2 nitrogen and oxygen atoms in total. The largest absolute Gasteiger partial charge is 0.375 e. The fourth-order valence-corrected chi connectivity index (χ4v) is 2.99. The van der Waals surface area contributed by atoms with Gasteiger partial charge in [0.2, 0.25) is 0 Å². The van der Waals surface area contributed by atoms with Crippen LogP contribution in [0.4, 0.5) is 0 Å². The second-order valence-corrected chi connectivity index (χ2v) is 5.24. The molecule has 1 aliphatic carbocycles. The Bertz CT molecular complexity index is 189. The zero-order chi connectivity index (χ0) is 10.6. The van der Waals surface area contributed by atoms with Crippen molar-refractivity contribution in [2.24, 2.45) is 5.92 Å². The molecule has 1 unspecified atom stereocenters. The predicted molar refractivity (Wildman–Crippen MR) is 63.0 cm³/mol. The number of ether oxygens (including phenoxy) is 1. The topological polar surface area (TPSA) is 21.3 Å². The quantitative estimate of drug-likeness (QED) is 0.706. The zero-order valence-electron chi connectivity index (χ0n) is 10.1. The first-order valence-electron chi connectivity index (χ1n) is 6.69. The summed E-state index contributed by atoms with van der Waals surface area (Å²) in [4.78, 5) is 0. The van der Waals surface area contributed by atoms with Crippen molar-refractivity contribution in [3.05, 3.63) is 0 Å². The number of hydrogen-bond donors (Lipinski definition) is 1. The predicted octanol–water partition coefficient (Wildman–Crippen LogP) is 2.73. The number of hydrogen-bond acceptors (Lipinski definition) is 2. The third-order valence-corrected chi connectivity index (χ3v) is 4.08. The summed E-state index contributed by atoms with van der Waals surface area (Å²) < 4.78 is 5.94. The van der Waals surface area contributed by atoms with E-state index in [4.69, 9.17) is 4.74 Å². The van der Waals surface area contributed by atoms with E-state index in [1.165, 1.54) is 51.5 Å². The molecular weight excluding hydrogens is 186 g/mol. The molecule has 1 saturated heterocycles. The van der Waals surface area contributed by atoms with E-state index in [1.807, 2.05) is 0 Å². The first-order chi connectivity index (χ1) is 7.35. The summed E-state index contributed by atoms with van der Waals surface area (Å²) in [6.07, 6.45) is 9.44. The molecule has 0 bridgehead atoms. The van der Waals surface area contributed by atoms with Crippen LogP contribution in [0.2, 0.25) is 0 Å². The highest BCUT2D eigenvalue weighted by molar-refractivity contribution is 4.93. The van der Waals surface area contributed by atoms with Gasteiger partial charge >= 0.3 is 0 Å². The molecule has 2 aliphatic rings. The molecule has 1 heterocycles. The Balaban J connectivity index is 1.64. The van der Waals surface area contributed by atoms with Crippen LogP contribution in [0.3, 0.4) is 0 Å². The Morgan fingerprint density at radius 3 is 2.93 bits per heavy atom. The van der Waals surface area contributed by atoms with Gasteiger partial charge < -0.3 is 10.1 Å². The van der Waals surface area contributed by atoms with Crippen molar-refractivity contribution in [3.8, 4) is 0 Å². The molecule has 1 aliphatic heterocycles. The average molecular weight is 211 g/mol. The van der Waals surface area contributed by atoms with Crippen LogP contribution < -0.4 is 5.32 Å². The third-order valence-electron chi connectivity index (χ3n) is 4.08. The van der Waals surface area contributed by atoms with Crippen molar-refractivity contribution in [3.63, 3.8) is 0 Å². The van der Waals surface area contributed by atoms with E-state index in [9.17, 15) is 0 Å². The van der Waals surface area contributed by atoms with Gasteiger partial charge in [0.15, 0.2) is 0 Å². The van der Waals surface area contributed by atoms with Gasteiger partial charge in [0, 0.05) is 6.61 Å².